The molecule has 0 atom stereocenters. The van der Waals surface area contributed by atoms with Crippen molar-refractivity contribution in [1.82, 2.24) is 4.57 Å². The van der Waals surface area contributed by atoms with Gasteiger partial charge in [0.1, 0.15) is 6.07 Å². The molecule has 3 aromatic rings. The van der Waals surface area contributed by atoms with Crippen molar-refractivity contribution in [2.75, 3.05) is 0 Å². The Morgan fingerprint density at radius 3 is 2.23 bits per heavy atom. The zero-order valence-electron chi connectivity index (χ0n) is 13.6. The van der Waals surface area contributed by atoms with Gasteiger partial charge in [0.05, 0.1) is 11.1 Å². The normalized spacial score (nSPS) is 11.2. The van der Waals surface area contributed by atoms with E-state index < -0.39 is 11.7 Å². The van der Waals surface area contributed by atoms with Crippen LogP contribution in [0.3, 0.4) is 0 Å². The lowest BCUT2D eigenvalue weighted by molar-refractivity contribution is -0.137. The second-order valence-electron chi connectivity index (χ2n) is 5.72. The summed E-state index contributed by atoms with van der Waals surface area (Å²) in [6.45, 7) is 3.65. The van der Waals surface area contributed by atoms with E-state index in [-0.39, 0.29) is 16.7 Å². The molecule has 0 fully saturated rings. The molecule has 6 heteroatoms. The molecule has 2 aromatic carbocycles. The predicted molar refractivity (Wildman–Crippen MR) is 94.1 cm³/mol. The van der Waals surface area contributed by atoms with Gasteiger partial charge in [-0.2, -0.15) is 18.4 Å². The summed E-state index contributed by atoms with van der Waals surface area (Å²) in [6.07, 6.45) is -1.47. The largest absolute Gasteiger partial charge is 0.417 e. The van der Waals surface area contributed by atoms with E-state index in [0.29, 0.717) is 11.4 Å². The molecule has 1 heterocycles. The van der Waals surface area contributed by atoms with E-state index in [9.17, 15) is 18.4 Å². The molecule has 0 spiro atoms. The molecule has 130 valence electrons. The lowest BCUT2D eigenvalue weighted by Crippen LogP contribution is -2.06. The molecule has 0 saturated carbocycles. The lowest BCUT2D eigenvalue weighted by atomic mass is 9.99. The van der Waals surface area contributed by atoms with Crippen molar-refractivity contribution in [3.05, 3.63) is 84.2 Å². The monoisotopic (exact) mass is 353 g/mol. The molecule has 0 radical (unpaired) electrons. The first-order valence-corrected chi connectivity index (χ1v) is 7.65. The van der Waals surface area contributed by atoms with Gasteiger partial charge in [-0.05, 0) is 29.3 Å². The molecule has 3 nitrogen and oxygen atoms in total. The highest BCUT2D eigenvalue weighted by molar-refractivity contribution is 5.74. The third-order valence-electron chi connectivity index (χ3n) is 4.01. The average Bonchev–Trinajstić information content (AvgIpc) is 3.05. The number of benzene rings is 2. The van der Waals surface area contributed by atoms with Gasteiger partial charge in [0.25, 0.3) is 0 Å². The van der Waals surface area contributed by atoms with Gasteiger partial charge in [-0.15, -0.1) is 0 Å². The van der Waals surface area contributed by atoms with Gasteiger partial charge in [0.15, 0.2) is 0 Å². The summed E-state index contributed by atoms with van der Waals surface area (Å²) in [5.41, 5.74) is 7.09. The molecule has 0 aliphatic heterocycles. The molecule has 1 aromatic heterocycles. The van der Waals surface area contributed by atoms with Crippen molar-refractivity contribution >= 4 is 5.70 Å². The maximum absolute atomic E-state index is 13.3. The number of nitrogens with two attached hydrogens (primary N) is 1. The van der Waals surface area contributed by atoms with Crippen molar-refractivity contribution in [1.29, 1.82) is 5.26 Å². The van der Waals surface area contributed by atoms with Crippen LogP contribution >= 0.6 is 0 Å². The first kappa shape index (κ1) is 17.4. The summed E-state index contributed by atoms with van der Waals surface area (Å²) in [7, 11) is 0. The Morgan fingerprint density at radius 1 is 1.00 bits per heavy atom. The van der Waals surface area contributed by atoms with Crippen molar-refractivity contribution in [2.24, 2.45) is 5.73 Å². The molecule has 0 aliphatic carbocycles. The number of alkyl halides is 3. The van der Waals surface area contributed by atoms with Crippen molar-refractivity contribution < 1.29 is 13.2 Å². The van der Waals surface area contributed by atoms with E-state index in [0.717, 1.165) is 11.6 Å². The Hall–Kier alpha value is -3.46. The van der Waals surface area contributed by atoms with E-state index in [1.807, 2.05) is 6.07 Å². The fourth-order valence-corrected chi connectivity index (χ4v) is 2.72. The number of nitriles is 1. The zero-order valence-corrected chi connectivity index (χ0v) is 13.6. The minimum absolute atomic E-state index is 0.0257. The Kier molecular flexibility index (Phi) is 4.31. The Bertz CT molecular complexity index is 1010. The van der Waals surface area contributed by atoms with Crippen LogP contribution in [0.25, 0.3) is 22.5 Å². The van der Waals surface area contributed by atoms with Gasteiger partial charge in [-0.3, -0.25) is 0 Å². The molecular formula is C20H14F3N3. The fraction of sp³-hybridized carbons (Fsp3) is 0.0500. The van der Waals surface area contributed by atoms with E-state index in [1.54, 1.807) is 28.8 Å². The molecule has 2 N–H and O–H groups in total. The Labute approximate surface area is 148 Å². The zero-order chi connectivity index (χ0) is 18.9. The van der Waals surface area contributed by atoms with Crippen LogP contribution in [0.2, 0.25) is 0 Å². The number of aromatic nitrogens is 1. The number of rotatable bonds is 3. The lowest BCUT2D eigenvalue weighted by Gasteiger charge is -2.12. The molecule has 0 aliphatic rings. The first-order valence-electron chi connectivity index (χ1n) is 7.65. The van der Waals surface area contributed by atoms with Gasteiger partial charge in [0, 0.05) is 29.3 Å². The highest BCUT2D eigenvalue weighted by atomic mass is 19.4. The number of nitrogens with zero attached hydrogens (tertiary/aromatic N) is 2. The highest BCUT2D eigenvalue weighted by Crippen LogP contribution is 2.38. The van der Waals surface area contributed by atoms with Crippen molar-refractivity contribution in [3.63, 3.8) is 0 Å². The van der Waals surface area contributed by atoms with Crippen LogP contribution in [0.1, 0.15) is 16.7 Å². The van der Waals surface area contributed by atoms with E-state index in [4.69, 9.17) is 5.73 Å². The molecule has 0 bridgehead atoms. The maximum Gasteiger partial charge on any atom is 0.417 e. The van der Waals surface area contributed by atoms with Crippen LogP contribution in [0.5, 0.6) is 0 Å². The standard InChI is InChI=1S/C20H14F3N3/c1-13(25)14-6-8-16(9-7-14)26-11-15(10-24)18(12-26)17-4-2-3-5-19(17)20(21,22)23/h2-9,11-12H,1,25H2. The van der Waals surface area contributed by atoms with Gasteiger partial charge >= 0.3 is 6.18 Å². The quantitative estimate of drug-likeness (QED) is 0.723. The number of hydrogen-bond donors (Lipinski definition) is 1. The van der Waals surface area contributed by atoms with Crippen LogP contribution in [0, 0.1) is 11.3 Å². The fourth-order valence-electron chi connectivity index (χ4n) is 2.72. The summed E-state index contributed by atoms with van der Waals surface area (Å²) in [4.78, 5) is 0. The maximum atomic E-state index is 13.3. The third-order valence-corrected chi connectivity index (χ3v) is 4.01. The van der Waals surface area contributed by atoms with Crippen molar-refractivity contribution in [2.45, 2.75) is 6.18 Å². The second kappa shape index (κ2) is 6.45. The predicted octanol–water partition coefficient (Wildman–Crippen LogP) is 4.96. The van der Waals surface area contributed by atoms with Gasteiger partial charge < -0.3 is 10.3 Å². The summed E-state index contributed by atoms with van der Waals surface area (Å²) in [6, 6.07) is 14.2. The highest BCUT2D eigenvalue weighted by Gasteiger charge is 2.34. The van der Waals surface area contributed by atoms with Crippen LogP contribution in [0.4, 0.5) is 13.2 Å². The Balaban J connectivity index is 2.12. The summed E-state index contributed by atoms with van der Waals surface area (Å²) < 4.78 is 41.5. The number of hydrogen-bond acceptors (Lipinski definition) is 2. The molecule has 26 heavy (non-hydrogen) atoms. The average molecular weight is 353 g/mol. The summed E-state index contributed by atoms with van der Waals surface area (Å²) in [5, 5.41) is 9.38. The van der Waals surface area contributed by atoms with Crippen LogP contribution < -0.4 is 5.73 Å². The smallest absolute Gasteiger partial charge is 0.399 e. The van der Waals surface area contributed by atoms with Gasteiger partial charge in [-0.1, -0.05) is 36.9 Å². The van der Waals surface area contributed by atoms with Crippen LogP contribution in [0.15, 0.2) is 67.5 Å². The molecule has 0 amide bonds. The molecule has 3 rings (SSSR count). The second-order valence-corrected chi connectivity index (χ2v) is 5.72. The third kappa shape index (κ3) is 3.20. The van der Waals surface area contributed by atoms with Gasteiger partial charge in [0.2, 0.25) is 0 Å². The van der Waals surface area contributed by atoms with Crippen LogP contribution in [-0.2, 0) is 6.18 Å². The first-order chi connectivity index (χ1) is 12.3. The summed E-state index contributed by atoms with van der Waals surface area (Å²) in [5.74, 6) is 0. The van der Waals surface area contributed by atoms with E-state index in [1.165, 1.54) is 30.6 Å². The van der Waals surface area contributed by atoms with E-state index >= 15 is 0 Å². The molecular weight excluding hydrogens is 339 g/mol. The SMILES string of the molecule is C=C(N)c1ccc(-n2cc(C#N)c(-c3ccccc3C(F)(F)F)c2)cc1. The molecule has 0 saturated heterocycles. The van der Waals surface area contributed by atoms with Crippen LogP contribution in [-0.4, -0.2) is 4.57 Å². The number of halogens is 3. The topological polar surface area (TPSA) is 54.7 Å². The minimum Gasteiger partial charge on any atom is -0.399 e. The summed E-state index contributed by atoms with van der Waals surface area (Å²) >= 11 is 0. The Morgan fingerprint density at radius 2 is 1.65 bits per heavy atom. The van der Waals surface area contributed by atoms with Gasteiger partial charge in [-0.25, -0.2) is 0 Å². The molecule has 0 unspecified atom stereocenters. The van der Waals surface area contributed by atoms with E-state index in [2.05, 4.69) is 6.58 Å². The minimum atomic E-state index is -4.51. The van der Waals surface area contributed by atoms with Crippen molar-refractivity contribution in [3.8, 4) is 22.9 Å².